The summed E-state index contributed by atoms with van der Waals surface area (Å²) in [6, 6.07) is 7.64. The standard InChI is InChI=1S/C15H23NO3/c1-12(2)15(17)10-16(11-15)8-9-19-14-7-5-4-6-13(14)18-3/h4-7,12,17H,8-11H2,1-3H3. The van der Waals surface area contributed by atoms with E-state index in [0.29, 0.717) is 12.5 Å². The van der Waals surface area contributed by atoms with E-state index in [0.717, 1.165) is 31.1 Å². The number of hydrogen-bond donors (Lipinski definition) is 1. The summed E-state index contributed by atoms with van der Waals surface area (Å²) in [7, 11) is 1.64. The lowest BCUT2D eigenvalue weighted by molar-refractivity contribution is -0.129. The van der Waals surface area contributed by atoms with Gasteiger partial charge in [-0.05, 0) is 18.1 Å². The lowest BCUT2D eigenvalue weighted by Gasteiger charge is -2.49. The highest BCUT2D eigenvalue weighted by Gasteiger charge is 2.43. The zero-order chi connectivity index (χ0) is 13.9. The van der Waals surface area contributed by atoms with Crippen LogP contribution in [0.3, 0.4) is 0 Å². The molecule has 1 N–H and O–H groups in total. The summed E-state index contributed by atoms with van der Waals surface area (Å²) in [6.45, 7) is 7.02. The molecule has 4 heteroatoms. The Morgan fingerprint density at radius 2 is 1.89 bits per heavy atom. The first-order valence-corrected chi connectivity index (χ1v) is 6.76. The summed E-state index contributed by atoms with van der Waals surface area (Å²) in [5.41, 5.74) is -0.509. The Morgan fingerprint density at radius 1 is 1.26 bits per heavy atom. The molecule has 0 unspecified atom stereocenters. The molecular formula is C15H23NO3. The second-order valence-electron chi connectivity index (χ2n) is 5.47. The number of β-amino-alcohol motifs (C(OH)–C–C–N with tert-alkyl or cyclic N) is 1. The van der Waals surface area contributed by atoms with E-state index in [9.17, 15) is 5.11 Å². The Bertz CT molecular complexity index is 414. The molecule has 0 atom stereocenters. The van der Waals surface area contributed by atoms with Gasteiger partial charge in [-0.2, -0.15) is 0 Å². The van der Waals surface area contributed by atoms with Crippen molar-refractivity contribution in [2.24, 2.45) is 5.92 Å². The summed E-state index contributed by atoms with van der Waals surface area (Å²) >= 11 is 0. The zero-order valence-corrected chi connectivity index (χ0v) is 11.9. The van der Waals surface area contributed by atoms with Crippen LogP contribution in [0.2, 0.25) is 0 Å². The molecular weight excluding hydrogens is 242 g/mol. The van der Waals surface area contributed by atoms with Crippen LogP contribution in [0.25, 0.3) is 0 Å². The van der Waals surface area contributed by atoms with Crippen LogP contribution < -0.4 is 9.47 Å². The number of ether oxygens (including phenoxy) is 2. The fourth-order valence-electron chi connectivity index (χ4n) is 2.27. The maximum absolute atomic E-state index is 10.2. The molecule has 0 bridgehead atoms. The predicted octanol–water partition coefficient (Wildman–Crippen LogP) is 1.78. The summed E-state index contributed by atoms with van der Waals surface area (Å²) < 4.78 is 10.9. The van der Waals surface area contributed by atoms with Gasteiger partial charge in [-0.15, -0.1) is 0 Å². The van der Waals surface area contributed by atoms with E-state index in [-0.39, 0.29) is 0 Å². The van der Waals surface area contributed by atoms with Crippen molar-refractivity contribution in [2.75, 3.05) is 33.4 Å². The van der Waals surface area contributed by atoms with E-state index in [4.69, 9.17) is 9.47 Å². The van der Waals surface area contributed by atoms with Gasteiger partial charge in [0.2, 0.25) is 0 Å². The molecule has 106 valence electrons. The number of likely N-dealkylation sites (tertiary alicyclic amines) is 1. The minimum atomic E-state index is -0.509. The SMILES string of the molecule is COc1ccccc1OCCN1CC(O)(C(C)C)C1. The van der Waals surface area contributed by atoms with Gasteiger partial charge < -0.3 is 14.6 Å². The Kier molecular flexibility index (Phi) is 4.32. The van der Waals surface area contributed by atoms with Crippen molar-refractivity contribution in [1.29, 1.82) is 0 Å². The first-order chi connectivity index (χ1) is 9.05. The fraction of sp³-hybridized carbons (Fsp3) is 0.600. The van der Waals surface area contributed by atoms with Crippen LogP contribution in [0.5, 0.6) is 11.5 Å². The highest BCUT2D eigenvalue weighted by Crippen LogP contribution is 2.29. The molecule has 0 radical (unpaired) electrons. The lowest BCUT2D eigenvalue weighted by atomic mass is 9.83. The van der Waals surface area contributed by atoms with Crippen molar-refractivity contribution in [3.05, 3.63) is 24.3 Å². The third-order valence-electron chi connectivity index (χ3n) is 3.80. The van der Waals surface area contributed by atoms with Gasteiger partial charge >= 0.3 is 0 Å². The average molecular weight is 265 g/mol. The summed E-state index contributed by atoms with van der Waals surface area (Å²) in [5.74, 6) is 1.83. The maximum Gasteiger partial charge on any atom is 0.161 e. The molecule has 0 saturated carbocycles. The second-order valence-corrected chi connectivity index (χ2v) is 5.47. The molecule has 0 aromatic heterocycles. The number of hydrogen-bond acceptors (Lipinski definition) is 4. The van der Waals surface area contributed by atoms with E-state index in [1.165, 1.54) is 0 Å². The number of nitrogens with zero attached hydrogens (tertiary/aromatic N) is 1. The molecule has 4 nitrogen and oxygen atoms in total. The van der Waals surface area contributed by atoms with Crippen LogP contribution in [-0.4, -0.2) is 49.0 Å². The molecule has 1 aromatic carbocycles. The average Bonchev–Trinajstić information content (AvgIpc) is 2.36. The van der Waals surface area contributed by atoms with Gasteiger partial charge in [-0.25, -0.2) is 0 Å². The van der Waals surface area contributed by atoms with E-state index in [1.807, 2.05) is 24.3 Å². The second kappa shape index (κ2) is 5.80. The van der Waals surface area contributed by atoms with E-state index in [2.05, 4.69) is 18.7 Å². The van der Waals surface area contributed by atoms with Gasteiger partial charge in [-0.1, -0.05) is 26.0 Å². The third kappa shape index (κ3) is 3.19. The van der Waals surface area contributed by atoms with Gasteiger partial charge in [0.1, 0.15) is 6.61 Å². The minimum Gasteiger partial charge on any atom is -0.493 e. The first-order valence-electron chi connectivity index (χ1n) is 6.76. The Balaban J connectivity index is 1.74. The minimum absolute atomic E-state index is 0.305. The molecule has 1 aliphatic rings. The topological polar surface area (TPSA) is 41.9 Å². The van der Waals surface area contributed by atoms with Crippen molar-refractivity contribution in [2.45, 2.75) is 19.4 Å². The largest absolute Gasteiger partial charge is 0.493 e. The molecule has 0 amide bonds. The van der Waals surface area contributed by atoms with Gasteiger partial charge in [-0.3, -0.25) is 4.90 Å². The van der Waals surface area contributed by atoms with Crippen LogP contribution in [0, 0.1) is 5.92 Å². The number of para-hydroxylation sites is 2. The first kappa shape index (κ1) is 14.2. The molecule has 19 heavy (non-hydrogen) atoms. The fourth-order valence-corrected chi connectivity index (χ4v) is 2.27. The van der Waals surface area contributed by atoms with Crippen LogP contribution in [-0.2, 0) is 0 Å². The van der Waals surface area contributed by atoms with Crippen LogP contribution in [0.15, 0.2) is 24.3 Å². The van der Waals surface area contributed by atoms with Gasteiger partial charge in [0.15, 0.2) is 11.5 Å². The molecule has 1 saturated heterocycles. The van der Waals surface area contributed by atoms with Crippen molar-refractivity contribution >= 4 is 0 Å². The van der Waals surface area contributed by atoms with E-state index < -0.39 is 5.60 Å². The summed E-state index contributed by atoms with van der Waals surface area (Å²) in [6.07, 6.45) is 0. The molecule has 1 heterocycles. The van der Waals surface area contributed by atoms with Crippen LogP contribution in [0.1, 0.15) is 13.8 Å². The van der Waals surface area contributed by atoms with Crippen LogP contribution in [0.4, 0.5) is 0 Å². The molecule has 1 fully saturated rings. The van der Waals surface area contributed by atoms with E-state index in [1.54, 1.807) is 7.11 Å². The predicted molar refractivity (Wildman–Crippen MR) is 74.7 cm³/mol. The number of benzene rings is 1. The smallest absolute Gasteiger partial charge is 0.161 e. The highest BCUT2D eigenvalue weighted by atomic mass is 16.5. The molecule has 2 rings (SSSR count). The van der Waals surface area contributed by atoms with Crippen LogP contribution >= 0.6 is 0 Å². The summed E-state index contributed by atoms with van der Waals surface area (Å²) in [4.78, 5) is 2.20. The van der Waals surface area contributed by atoms with Crippen molar-refractivity contribution < 1.29 is 14.6 Å². The Hall–Kier alpha value is -1.26. The molecule has 0 aliphatic carbocycles. The van der Waals surface area contributed by atoms with Gasteiger partial charge in [0, 0.05) is 19.6 Å². The van der Waals surface area contributed by atoms with Crippen molar-refractivity contribution in [1.82, 2.24) is 4.90 Å². The normalized spacial score (nSPS) is 18.2. The lowest BCUT2D eigenvalue weighted by Crippen LogP contribution is -2.64. The Morgan fingerprint density at radius 3 is 2.47 bits per heavy atom. The quantitative estimate of drug-likeness (QED) is 0.851. The highest BCUT2D eigenvalue weighted by molar-refractivity contribution is 5.39. The third-order valence-corrected chi connectivity index (χ3v) is 3.80. The number of aliphatic hydroxyl groups is 1. The van der Waals surface area contributed by atoms with Crippen molar-refractivity contribution in [3.63, 3.8) is 0 Å². The molecule has 1 aliphatic heterocycles. The number of methoxy groups -OCH3 is 1. The Labute approximate surface area is 114 Å². The van der Waals surface area contributed by atoms with Crippen molar-refractivity contribution in [3.8, 4) is 11.5 Å². The monoisotopic (exact) mass is 265 g/mol. The molecule has 1 aromatic rings. The van der Waals surface area contributed by atoms with E-state index >= 15 is 0 Å². The summed E-state index contributed by atoms with van der Waals surface area (Å²) in [5, 5.41) is 10.2. The molecule has 0 spiro atoms. The maximum atomic E-state index is 10.2. The van der Waals surface area contributed by atoms with Gasteiger partial charge in [0.05, 0.1) is 12.7 Å². The number of rotatable bonds is 6. The van der Waals surface area contributed by atoms with Gasteiger partial charge in [0.25, 0.3) is 0 Å². The zero-order valence-electron chi connectivity index (χ0n) is 11.9.